The molecule has 1 atom stereocenters. The molecule has 0 saturated carbocycles. The summed E-state index contributed by atoms with van der Waals surface area (Å²) in [6, 6.07) is 10.5. The van der Waals surface area contributed by atoms with Crippen molar-refractivity contribution in [3.63, 3.8) is 0 Å². The molecule has 0 aliphatic carbocycles. The number of alkyl halides is 2. The van der Waals surface area contributed by atoms with Crippen LogP contribution in [0.2, 0.25) is 0 Å². The molecule has 10 heteroatoms. The molecule has 1 aliphatic rings. The number of nitrogens with zero attached hydrogens (tertiary/aromatic N) is 3. The molecule has 0 radical (unpaired) electrons. The quantitative estimate of drug-likeness (QED) is 0.417. The lowest BCUT2D eigenvalue weighted by atomic mass is 10.0. The molecule has 33 heavy (non-hydrogen) atoms. The highest BCUT2D eigenvalue weighted by molar-refractivity contribution is 7.90. The number of rotatable bonds is 5. The molecule has 2 aromatic carbocycles. The van der Waals surface area contributed by atoms with E-state index in [1.165, 1.54) is 30.6 Å². The van der Waals surface area contributed by atoms with Gasteiger partial charge in [0.1, 0.15) is 17.4 Å². The van der Waals surface area contributed by atoms with Crippen LogP contribution in [0.5, 0.6) is 5.75 Å². The fraction of sp³-hybridized carbons (Fsp3) is 0.217. The van der Waals surface area contributed by atoms with Crippen LogP contribution in [-0.4, -0.2) is 35.8 Å². The molecule has 0 N–H and O–H groups in total. The Labute approximate surface area is 187 Å². The lowest BCUT2D eigenvalue weighted by molar-refractivity contribution is -0.0506. The zero-order valence-corrected chi connectivity index (χ0v) is 18.2. The monoisotopic (exact) mass is 473 g/mol. The molecule has 1 unspecified atom stereocenters. The first-order valence-corrected chi connectivity index (χ1v) is 12.0. The first-order valence-electron chi connectivity index (χ1n) is 10.1. The number of imidazole rings is 1. The van der Waals surface area contributed by atoms with Gasteiger partial charge in [-0.25, -0.2) is 17.8 Å². The number of para-hydroxylation sites is 1. The van der Waals surface area contributed by atoms with E-state index >= 15 is 0 Å². The fourth-order valence-electron chi connectivity index (χ4n) is 4.33. The van der Waals surface area contributed by atoms with Crippen molar-refractivity contribution in [2.45, 2.75) is 30.4 Å². The summed E-state index contributed by atoms with van der Waals surface area (Å²) in [5.74, 6) is 0.228. The Kier molecular flexibility index (Phi) is 5.12. The van der Waals surface area contributed by atoms with Crippen LogP contribution in [0.15, 0.2) is 59.8 Å². The molecule has 0 amide bonds. The highest BCUT2D eigenvalue weighted by atomic mass is 32.2. The highest BCUT2D eigenvalue weighted by Gasteiger charge is 2.30. The second-order valence-electron chi connectivity index (χ2n) is 7.87. The minimum absolute atomic E-state index is 0.0195. The van der Waals surface area contributed by atoms with Gasteiger partial charge in [-0.1, -0.05) is 18.2 Å². The van der Waals surface area contributed by atoms with E-state index in [1.807, 2.05) is 4.57 Å². The van der Waals surface area contributed by atoms with Crippen LogP contribution in [0.4, 0.5) is 13.2 Å². The fourth-order valence-corrected chi connectivity index (χ4v) is 4.92. The SMILES string of the molecule is CS(=O)(=O)c1cncc(-c2cc3c(cc2F)nc2n3C(c3ccccc3OC(F)F)CC2)c1. The van der Waals surface area contributed by atoms with E-state index in [4.69, 9.17) is 4.74 Å². The van der Waals surface area contributed by atoms with Crippen molar-refractivity contribution >= 4 is 20.9 Å². The number of pyridine rings is 1. The van der Waals surface area contributed by atoms with Gasteiger partial charge < -0.3 is 9.30 Å². The van der Waals surface area contributed by atoms with Gasteiger partial charge in [0.2, 0.25) is 0 Å². The van der Waals surface area contributed by atoms with Crippen molar-refractivity contribution in [1.29, 1.82) is 0 Å². The van der Waals surface area contributed by atoms with Gasteiger partial charge in [-0.2, -0.15) is 8.78 Å². The molecule has 4 aromatic rings. The lowest BCUT2D eigenvalue weighted by Crippen LogP contribution is -2.10. The molecular weight excluding hydrogens is 455 g/mol. The van der Waals surface area contributed by atoms with E-state index < -0.39 is 22.3 Å². The van der Waals surface area contributed by atoms with Gasteiger partial charge in [-0.3, -0.25) is 4.98 Å². The minimum atomic E-state index is -3.52. The predicted octanol–water partition coefficient (Wildman–Crippen LogP) is 4.78. The van der Waals surface area contributed by atoms with E-state index in [2.05, 4.69) is 9.97 Å². The average Bonchev–Trinajstić information content (AvgIpc) is 3.31. The van der Waals surface area contributed by atoms with Crippen LogP contribution in [0.1, 0.15) is 23.9 Å². The van der Waals surface area contributed by atoms with Crippen molar-refractivity contribution in [1.82, 2.24) is 14.5 Å². The number of sulfone groups is 1. The highest BCUT2D eigenvalue weighted by Crippen LogP contribution is 2.41. The molecule has 170 valence electrons. The molecular formula is C23H18F3N3O3S. The van der Waals surface area contributed by atoms with Gasteiger partial charge in [0.25, 0.3) is 0 Å². The van der Waals surface area contributed by atoms with Crippen LogP contribution in [0, 0.1) is 5.82 Å². The van der Waals surface area contributed by atoms with Crippen LogP contribution in [-0.2, 0) is 16.3 Å². The number of ether oxygens (including phenoxy) is 1. The number of hydrogen-bond donors (Lipinski definition) is 0. The Balaban J connectivity index is 1.66. The summed E-state index contributed by atoms with van der Waals surface area (Å²) in [7, 11) is -3.52. The number of hydrogen-bond acceptors (Lipinski definition) is 5. The standard InChI is InChI=1S/C23H18F3N3O3S/c1-33(30,31)14-8-13(11-27-12-14)16-9-20-18(10-17(16)24)28-22-7-6-19(29(20)22)15-4-2-3-5-21(15)32-23(25)26/h2-5,8-12,19,23H,6-7H2,1H3. The molecule has 0 spiro atoms. The third-order valence-electron chi connectivity index (χ3n) is 5.75. The van der Waals surface area contributed by atoms with E-state index in [9.17, 15) is 21.6 Å². The van der Waals surface area contributed by atoms with Gasteiger partial charge in [0.05, 0.1) is 22.0 Å². The second kappa shape index (κ2) is 7.87. The summed E-state index contributed by atoms with van der Waals surface area (Å²) in [4.78, 5) is 8.47. The number of benzene rings is 2. The summed E-state index contributed by atoms with van der Waals surface area (Å²) >= 11 is 0. The van der Waals surface area contributed by atoms with Gasteiger partial charge in [-0.05, 0) is 24.6 Å². The molecule has 6 nitrogen and oxygen atoms in total. The summed E-state index contributed by atoms with van der Waals surface area (Å²) in [5.41, 5.74) is 2.10. The van der Waals surface area contributed by atoms with Crippen LogP contribution >= 0.6 is 0 Å². The third kappa shape index (κ3) is 3.84. The lowest BCUT2D eigenvalue weighted by Gasteiger charge is -2.19. The molecule has 0 fully saturated rings. The van der Waals surface area contributed by atoms with Gasteiger partial charge in [0, 0.05) is 47.8 Å². The van der Waals surface area contributed by atoms with Crippen molar-refractivity contribution in [3.05, 3.63) is 72.1 Å². The van der Waals surface area contributed by atoms with Crippen molar-refractivity contribution < 1.29 is 26.3 Å². The maximum absolute atomic E-state index is 15.0. The third-order valence-corrected chi connectivity index (χ3v) is 6.83. The average molecular weight is 473 g/mol. The molecule has 1 aliphatic heterocycles. The molecule has 3 heterocycles. The van der Waals surface area contributed by atoms with Crippen molar-refractivity contribution in [2.75, 3.05) is 6.26 Å². The Bertz CT molecular complexity index is 1490. The van der Waals surface area contributed by atoms with E-state index in [0.717, 1.165) is 6.26 Å². The molecule has 0 bridgehead atoms. The van der Waals surface area contributed by atoms with Crippen molar-refractivity contribution in [2.24, 2.45) is 0 Å². The van der Waals surface area contributed by atoms with Crippen LogP contribution in [0.3, 0.4) is 0 Å². The van der Waals surface area contributed by atoms with E-state index in [-0.39, 0.29) is 22.3 Å². The van der Waals surface area contributed by atoms with Gasteiger partial charge in [0.15, 0.2) is 9.84 Å². The zero-order valence-electron chi connectivity index (χ0n) is 17.4. The predicted molar refractivity (Wildman–Crippen MR) is 116 cm³/mol. The number of aryl methyl sites for hydroxylation is 1. The Morgan fingerprint density at radius 2 is 1.94 bits per heavy atom. The normalized spacial score (nSPS) is 15.8. The summed E-state index contributed by atoms with van der Waals surface area (Å²) in [6.45, 7) is -2.96. The van der Waals surface area contributed by atoms with Crippen LogP contribution < -0.4 is 4.74 Å². The van der Waals surface area contributed by atoms with Gasteiger partial charge in [-0.15, -0.1) is 0 Å². The number of aromatic nitrogens is 3. The summed E-state index contributed by atoms with van der Waals surface area (Å²) in [5, 5.41) is 0. The van der Waals surface area contributed by atoms with E-state index in [1.54, 1.807) is 24.3 Å². The van der Waals surface area contributed by atoms with Crippen LogP contribution in [0.25, 0.3) is 22.2 Å². The largest absolute Gasteiger partial charge is 0.434 e. The number of fused-ring (bicyclic) bond motifs is 3. The maximum atomic E-state index is 15.0. The molecule has 0 saturated heterocycles. The number of halogens is 3. The summed E-state index contributed by atoms with van der Waals surface area (Å²) in [6.07, 6.45) is 4.87. The Morgan fingerprint density at radius 3 is 2.70 bits per heavy atom. The minimum Gasteiger partial charge on any atom is -0.434 e. The maximum Gasteiger partial charge on any atom is 0.387 e. The Hall–Kier alpha value is -3.40. The first kappa shape index (κ1) is 21.4. The summed E-state index contributed by atoms with van der Waals surface area (Å²) < 4.78 is 71.4. The molecule has 2 aromatic heterocycles. The smallest absolute Gasteiger partial charge is 0.387 e. The zero-order chi connectivity index (χ0) is 23.3. The first-order chi connectivity index (χ1) is 15.7. The van der Waals surface area contributed by atoms with Gasteiger partial charge >= 0.3 is 6.61 Å². The van der Waals surface area contributed by atoms with E-state index in [0.29, 0.717) is 40.8 Å². The molecule has 5 rings (SSSR count). The Morgan fingerprint density at radius 1 is 1.15 bits per heavy atom. The second-order valence-corrected chi connectivity index (χ2v) is 9.89. The van der Waals surface area contributed by atoms with Crippen molar-refractivity contribution in [3.8, 4) is 16.9 Å². The topological polar surface area (TPSA) is 74.1 Å².